The lowest BCUT2D eigenvalue weighted by Gasteiger charge is -2.31. The van der Waals surface area contributed by atoms with E-state index in [0.29, 0.717) is 19.3 Å². The van der Waals surface area contributed by atoms with Gasteiger partial charge >= 0.3 is 12.1 Å². The van der Waals surface area contributed by atoms with E-state index >= 15 is 0 Å². The summed E-state index contributed by atoms with van der Waals surface area (Å²) in [6.45, 7) is 0.577. The molecule has 0 aliphatic carbocycles. The lowest BCUT2D eigenvalue weighted by molar-refractivity contribution is -0.137. The van der Waals surface area contributed by atoms with Crippen LogP contribution in [0.4, 0.5) is 13.2 Å². The maximum Gasteiger partial charge on any atom is 0.393 e. The molecule has 0 unspecified atom stereocenters. The third-order valence-corrected chi connectivity index (χ3v) is 6.22. The van der Waals surface area contributed by atoms with Gasteiger partial charge in [-0.25, -0.2) is 8.42 Å². The highest BCUT2D eigenvalue weighted by atomic mass is 32.2. The maximum absolute atomic E-state index is 12.6. The molecule has 0 amide bonds. The molecular weight excluding hydrogens is 359 g/mol. The molecule has 0 atom stereocenters. The number of piperidine rings is 1. The number of carboxylic acid groups (broad SMARTS) is 1. The highest BCUT2D eigenvalue weighted by Gasteiger charge is 2.30. The highest BCUT2D eigenvalue weighted by molar-refractivity contribution is 7.89. The number of hydrogen-bond acceptors (Lipinski definition) is 3. The predicted octanol–water partition coefficient (Wildman–Crippen LogP) is 3.06. The van der Waals surface area contributed by atoms with E-state index in [1.165, 1.54) is 28.6 Å². The van der Waals surface area contributed by atoms with Crippen LogP contribution in [-0.4, -0.2) is 43.1 Å². The topological polar surface area (TPSA) is 74.7 Å². The Kier molecular flexibility index (Phi) is 6.10. The quantitative estimate of drug-likeness (QED) is 0.824. The Balaban J connectivity index is 1.99. The first-order valence-corrected chi connectivity index (χ1v) is 9.39. The number of benzene rings is 1. The Hall–Kier alpha value is -1.61. The van der Waals surface area contributed by atoms with Crippen LogP contribution in [0.1, 0.15) is 31.2 Å². The van der Waals surface area contributed by atoms with Crippen LogP contribution < -0.4 is 0 Å². The molecule has 0 bridgehead atoms. The number of nitrogens with zero attached hydrogens (tertiary/aromatic N) is 1. The summed E-state index contributed by atoms with van der Waals surface area (Å²) in [5, 5.41) is 8.69. The molecular formula is C16H20F3NO4S. The molecule has 2 rings (SSSR count). The largest absolute Gasteiger partial charge is 0.481 e. The van der Waals surface area contributed by atoms with E-state index < -0.39 is 28.6 Å². The molecule has 25 heavy (non-hydrogen) atoms. The van der Waals surface area contributed by atoms with Crippen molar-refractivity contribution in [2.45, 2.75) is 43.2 Å². The van der Waals surface area contributed by atoms with E-state index in [9.17, 15) is 26.4 Å². The summed E-state index contributed by atoms with van der Waals surface area (Å²) >= 11 is 0. The Morgan fingerprint density at radius 2 is 1.72 bits per heavy atom. The van der Waals surface area contributed by atoms with Crippen LogP contribution in [0.25, 0.3) is 0 Å². The Bertz CT molecular complexity index is 693. The lowest BCUT2D eigenvalue weighted by atomic mass is 9.93. The van der Waals surface area contributed by atoms with Crippen molar-refractivity contribution in [2.75, 3.05) is 13.1 Å². The zero-order valence-corrected chi connectivity index (χ0v) is 14.3. The molecule has 0 spiro atoms. The number of hydrogen-bond donors (Lipinski definition) is 1. The first kappa shape index (κ1) is 19.7. The average Bonchev–Trinajstić information content (AvgIpc) is 2.52. The van der Waals surface area contributed by atoms with Crippen LogP contribution in [-0.2, 0) is 21.2 Å². The fraction of sp³-hybridized carbons (Fsp3) is 0.562. The molecule has 1 heterocycles. The Morgan fingerprint density at radius 3 is 2.20 bits per heavy atom. The second kappa shape index (κ2) is 7.74. The minimum Gasteiger partial charge on any atom is -0.481 e. The number of carbonyl (C=O) groups is 1. The van der Waals surface area contributed by atoms with Crippen LogP contribution in [0.15, 0.2) is 29.2 Å². The van der Waals surface area contributed by atoms with Crippen LogP contribution in [0.2, 0.25) is 0 Å². The molecule has 9 heteroatoms. The van der Waals surface area contributed by atoms with Crippen molar-refractivity contribution in [3.63, 3.8) is 0 Å². The summed E-state index contributed by atoms with van der Waals surface area (Å²) < 4.78 is 63.5. The van der Waals surface area contributed by atoms with Crippen molar-refractivity contribution in [1.29, 1.82) is 0 Å². The summed E-state index contributed by atoms with van der Waals surface area (Å²) in [4.78, 5) is 10.6. The molecule has 1 aliphatic rings. The second-order valence-electron chi connectivity index (χ2n) is 6.22. The fourth-order valence-corrected chi connectivity index (χ4v) is 4.40. The Labute approximate surface area is 144 Å². The van der Waals surface area contributed by atoms with Gasteiger partial charge in [0.2, 0.25) is 10.0 Å². The van der Waals surface area contributed by atoms with E-state index in [1.807, 2.05) is 0 Å². The highest BCUT2D eigenvalue weighted by Crippen LogP contribution is 2.27. The first-order valence-electron chi connectivity index (χ1n) is 7.95. The monoisotopic (exact) mass is 379 g/mol. The number of alkyl halides is 3. The zero-order chi connectivity index (χ0) is 18.7. The molecule has 1 fully saturated rings. The number of sulfonamides is 1. The zero-order valence-electron chi connectivity index (χ0n) is 13.5. The van der Waals surface area contributed by atoms with Gasteiger partial charge < -0.3 is 5.11 Å². The van der Waals surface area contributed by atoms with Crippen molar-refractivity contribution >= 4 is 16.0 Å². The van der Waals surface area contributed by atoms with Gasteiger partial charge in [-0.3, -0.25) is 4.79 Å². The summed E-state index contributed by atoms with van der Waals surface area (Å²) in [6, 6.07) is 4.76. The van der Waals surface area contributed by atoms with Gasteiger partial charge in [-0.1, -0.05) is 12.1 Å². The minimum atomic E-state index is -4.34. The van der Waals surface area contributed by atoms with Gasteiger partial charge in [0.15, 0.2) is 0 Å². The van der Waals surface area contributed by atoms with Crippen LogP contribution in [0.5, 0.6) is 0 Å². The molecule has 1 N–H and O–H groups in total. The second-order valence-corrected chi connectivity index (χ2v) is 8.15. The van der Waals surface area contributed by atoms with E-state index in [0.717, 1.165) is 0 Å². The van der Waals surface area contributed by atoms with Crippen molar-refractivity contribution in [1.82, 2.24) is 4.31 Å². The number of halogens is 3. The third-order valence-electron chi connectivity index (χ3n) is 4.31. The van der Waals surface area contributed by atoms with Crippen molar-refractivity contribution in [2.24, 2.45) is 5.92 Å². The number of carboxylic acids is 1. The SMILES string of the molecule is O=C(O)CCC1CCN(S(=O)(=O)c2ccc(CC(F)(F)F)cc2)CC1. The van der Waals surface area contributed by atoms with Gasteiger partial charge in [-0.05, 0) is 42.9 Å². The normalized spacial score (nSPS) is 17.6. The van der Waals surface area contributed by atoms with Crippen molar-refractivity contribution < 1.29 is 31.5 Å². The van der Waals surface area contributed by atoms with Gasteiger partial charge in [0.25, 0.3) is 0 Å². The van der Waals surface area contributed by atoms with Crippen LogP contribution in [0, 0.1) is 5.92 Å². The molecule has 1 saturated heterocycles. The molecule has 5 nitrogen and oxygen atoms in total. The van der Waals surface area contributed by atoms with E-state index in [2.05, 4.69) is 0 Å². The molecule has 1 aliphatic heterocycles. The molecule has 140 valence electrons. The third kappa shape index (κ3) is 5.71. The fourth-order valence-electron chi connectivity index (χ4n) is 2.93. The Morgan fingerprint density at radius 1 is 1.16 bits per heavy atom. The van der Waals surface area contributed by atoms with E-state index in [4.69, 9.17) is 5.11 Å². The van der Waals surface area contributed by atoms with Gasteiger partial charge in [0.05, 0.1) is 11.3 Å². The summed E-state index contributed by atoms with van der Waals surface area (Å²) in [7, 11) is -3.74. The molecule has 0 radical (unpaired) electrons. The minimum absolute atomic E-state index is 0.0128. The molecule has 0 aromatic heterocycles. The van der Waals surface area contributed by atoms with Crippen LogP contribution >= 0.6 is 0 Å². The molecule has 1 aromatic rings. The standard InChI is InChI=1S/C16H20F3NO4S/c17-16(18,19)11-13-1-4-14(5-2-13)25(23,24)20-9-7-12(8-10-20)3-6-15(21)22/h1-2,4-5,12H,3,6-11H2,(H,21,22). The number of aliphatic carboxylic acids is 1. The van der Waals surface area contributed by atoms with Crippen molar-refractivity contribution in [3.8, 4) is 0 Å². The summed E-state index contributed by atoms with van der Waals surface area (Å²) in [6.07, 6.45) is -3.68. The van der Waals surface area contributed by atoms with Gasteiger partial charge in [-0.2, -0.15) is 17.5 Å². The first-order chi connectivity index (χ1) is 11.6. The summed E-state index contributed by atoms with van der Waals surface area (Å²) in [5.41, 5.74) is 0.0128. The number of rotatable bonds is 6. The molecule has 1 aromatic carbocycles. The van der Waals surface area contributed by atoms with E-state index in [1.54, 1.807) is 0 Å². The van der Waals surface area contributed by atoms with E-state index in [-0.39, 0.29) is 35.9 Å². The average molecular weight is 379 g/mol. The maximum atomic E-state index is 12.6. The lowest BCUT2D eigenvalue weighted by Crippen LogP contribution is -2.38. The summed E-state index contributed by atoms with van der Waals surface area (Å²) in [5.74, 6) is -0.689. The molecule has 0 saturated carbocycles. The predicted molar refractivity (Wildman–Crippen MR) is 84.6 cm³/mol. The van der Waals surface area contributed by atoms with Gasteiger partial charge in [-0.15, -0.1) is 0 Å². The van der Waals surface area contributed by atoms with Crippen molar-refractivity contribution in [3.05, 3.63) is 29.8 Å². The van der Waals surface area contributed by atoms with Crippen LogP contribution in [0.3, 0.4) is 0 Å². The van der Waals surface area contributed by atoms with Gasteiger partial charge in [0, 0.05) is 19.5 Å². The smallest absolute Gasteiger partial charge is 0.393 e. The van der Waals surface area contributed by atoms with Gasteiger partial charge in [0.1, 0.15) is 0 Å².